The van der Waals surface area contributed by atoms with Crippen LogP contribution in [0.2, 0.25) is 0 Å². The van der Waals surface area contributed by atoms with Crippen LogP contribution in [0.4, 0.5) is 0 Å². The van der Waals surface area contributed by atoms with Gasteiger partial charge in [0.25, 0.3) is 0 Å². The van der Waals surface area contributed by atoms with E-state index in [0.717, 1.165) is 48.5 Å². The van der Waals surface area contributed by atoms with Gasteiger partial charge in [-0.05, 0) is 130 Å². The third-order valence-electron chi connectivity index (χ3n) is 19.6. The van der Waals surface area contributed by atoms with Crippen LogP contribution >= 0.6 is 29.8 Å². The lowest BCUT2D eigenvalue weighted by Gasteiger charge is -2.30. The van der Waals surface area contributed by atoms with E-state index in [0.29, 0.717) is 0 Å². The number of rotatable bonds is 4. The fraction of sp³-hybridized carbons (Fsp3) is 0.0241. The predicted molar refractivity (Wildman–Crippen MR) is 371 cm³/mol. The highest BCUT2D eigenvalue weighted by Gasteiger charge is 2.56. The molecule has 3 aromatic heterocycles. The molecule has 20 rings (SSSR count). The minimum Gasteiger partial charge on any atom is -0.309 e. The first kappa shape index (κ1) is 50.1. The van der Waals surface area contributed by atoms with E-state index in [1.807, 2.05) is 34.9 Å². The second kappa shape index (κ2) is 18.7. The van der Waals surface area contributed by atoms with Crippen molar-refractivity contribution < 1.29 is 4.57 Å². The topological polar surface area (TPSA) is 30.0 Å². The summed E-state index contributed by atoms with van der Waals surface area (Å²) in [7, 11) is -3.46. The molecule has 410 valence electrons. The fourth-order valence-corrected chi connectivity index (χ4v) is 21.8. The molecule has 0 N–H and O–H groups in total. The number of pyridine rings is 1. The molecule has 0 saturated carbocycles. The normalized spacial score (nSPS) is 13.9. The fourth-order valence-electron chi connectivity index (χ4n) is 16.0. The van der Waals surface area contributed by atoms with Crippen LogP contribution in [0, 0.1) is 0 Å². The molecule has 0 radical (unpaired) electrons. The first-order valence-corrected chi connectivity index (χ1v) is 33.5. The Kier molecular flexibility index (Phi) is 10.7. The number of aromatic nitrogens is 1. The van der Waals surface area contributed by atoms with Gasteiger partial charge in [-0.25, -0.2) is 0 Å². The summed E-state index contributed by atoms with van der Waals surface area (Å²) in [5.41, 5.74) is 20.9. The average Bonchev–Trinajstić information content (AvgIpc) is 1.51. The highest BCUT2D eigenvalue weighted by Crippen LogP contribution is 2.68. The summed E-state index contributed by atoms with van der Waals surface area (Å²) < 4.78 is 19.4. The molecule has 4 aliphatic rings. The van der Waals surface area contributed by atoms with Gasteiger partial charge in [-0.15, -0.1) is 22.7 Å². The molecule has 0 amide bonds. The second-order valence-electron chi connectivity index (χ2n) is 23.8. The number of hydrogen-bond donors (Lipinski definition) is 0. The zero-order chi connectivity index (χ0) is 57.9. The van der Waals surface area contributed by atoms with Crippen LogP contribution in [-0.2, 0) is 15.4 Å². The maximum absolute atomic E-state index is 16.8. The Balaban J connectivity index is 0.000000132. The molecule has 88 heavy (non-hydrogen) atoms. The Labute approximate surface area is 517 Å². The minimum absolute atomic E-state index is 0.324. The molecule has 2 spiro atoms. The summed E-state index contributed by atoms with van der Waals surface area (Å²) in [4.78, 5) is 7.55. The van der Waals surface area contributed by atoms with Crippen LogP contribution in [0.25, 0.3) is 108 Å². The standard InChI is InChI=1S/C47H29OPS.C36H21NS/c48-49(34-26-24-30-12-1-3-14-32(30)28-34,35-27-25-31-13-2-4-15-33(31)29-35)42-22-11-21-41-45(42)44-38-18-7-10-23-43(38)50-46(44)47(41)39-19-8-5-16-36(39)37-17-6-9-20-40(37)47;1-4-15-29-25(11-1)26-12-2-5-16-30(26)36(29)31-21-23(24-14-7-9-22-10-8-20-37-34(22)24)18-19-27(31)33-28-13-3-6-17-32(28)38-35(33)36/h1-29H;1-21H. The van der Waals surface area contributed by atoms with E-state index in [1.54, 1.807) is 0 Å². The monoisotopic (exact) mass is 1170 g/mol. The Morgan fingerprint density at radius 1 is 0.307 bits per heavy atom. The van der Waals surface area contributed by atoms with Crippen molar-refractivity contribution in [1.82, 2.24) is 4.98 Å². The summed E-state index contributed by atoms with van der Waals surface area (Å²) >= 11 is 3.85. The molecule has 0 bridgehead atoms. The molecule has 0 fully saturated rings. The Bertz CT molecular complexity index is 5550. The molecule has 16 aromatic rings. The van der Waals surface area contributed by atoms with Crippen LogP contribution in [0.1, 0.15) is 43.1 Å². The van der Waals surface area contributed by atoms with Gasteiger partial charge < -0.3 is 4.57 Å². The van der Waals surface area contributed by atoms with Gasteiger partial charge in [-0.2, -0.15) is 0 Å². The number of benzene rings is 13. The van der Waals surface area contributed by atoms with Gasteiger partial charge in [0, 0.05) is 74.1 Å². The van der Waals surface area contributed by atoms with E-state index >= 15 is 4.57 Å². The van der Waals surface area contributed by atoms with Crippen molar-refractivity contribution >= 4 is 98.3 Å². The summed E-state index contributed by atoms with van der Waals surface area (Å²) in [5, 5.41) is 10.8. The number of nitrogens with zero attached hydrogens (tertiary/aromatic N) is 1. The summed E-state index contributed by atoms with van der Waals surface area (Å²) in [6.45, 7) is 0. The van der Waals surface area contributed by atoms with Crippen LogP contribution in [0.15, 0.2) is 303 Å². The van der Waals surface area contributed by atoms with Gasteiger partial charge in [0.2, 0.25) is 0 Å². The molecule has 4 aliphatic carbocycles. The molecule has 0 aliphatic heterocycles. The van der Waals surface area contributed by atoms with Crippen LogP contribution in [0.3, 0.4) is 0 Å². The number of para-hydroxylation sites is 1. The van der Waals surface area contributed by atoms with Gasteiger partial charge in [-0.3, -0.25) is 4.98 Å². The molecular weight excluding hydrogens is 1120 g/mol. The molecule has 5 heteroatoms. The number of hydrogen-bond acceptors (Lipinski definition) is 4. The Morgan fingerprint density at radius 2 is 0.750 bits per heavy atom. The van der Waals surface area contributed by atoms with Crippen molar-refractivity contribution in [3.05, 3.63) is 347 Å². The third-order valence-corrected chi connectivity index (χ3v) is 25.3. The van der Waals surface area contributed by atoms with Crippen molar-refractivity contribution in [3.63, 3.8) is 0 Å². The Morgan fingerprint density at radius 3 is 1.34 bits per heavy atom. The van der Waals surface area contributed by atoms with Crippen LogP contribution < -0.4 is 15.9 Å². The maximum Gasteiger partial charge on any atom is 0.171 e. The van der Waals surface area contributed by atoms with Crippen molar-refractivity contribution in [3.8, 4) is 55.6 Å². The summed E-state index contributed by atoms with van der Waals surface area (Å²) in [6.07, 6.45) is 1.90. The third kappa shape index (κ3) is 6.61. The second-order valence-corrected chi connectivity index (χ2v) is 28.6. The van der Waals surface area contributed by atoms with Gasteiger partial charge in [0.05, 0.1) is 16.3 Å². The highest BCUT2D eigenvalue weighted by atomic mass is 32.1. The lowest BCUT2D eigenvalue weighted by atomic mass is 9.73. The summed E-state index contributed by atoms with van der Waals surface area (Å²) in [6, 6.07) is 108. The SMILES string of the molecule is O=P(c1ccc2ccccc2c1)(c1ccc2ccccc2c1)c1cccc2c1-c1c(sc3ccccc13)C21c2ccccc2-c2ccccc21.c1ccc2c(c1)-c1ccccc1C21c2cc(-c3cccc4cccnc34)ccc2-c2c1sc1ccccc21. The minimum atomic E-state index is -3.46. The Hall–Kier alpha value is -10.1. The first-order chi connectivity index (χ1) is 43.5. The lowest BCUT2D eigenvalue weighted by Crippen LogP contribution is -2.29. The predicted octanol–water partition coefficient (Wildman–Crippen LogP) is 20.7. The van der Waals surface area contributed by atoms with E-state index in [9.17, 15) is 0 Å². The number of thiophene rings is 2. The quantitative estimate of drug-likeness (QED) is 0.164. The van der Waals surface area contributed by atoms with Crippen LogP contribution in [-0.4, -0.2) is 4.98 Å². The van der Waals surface area contributed by atoms with Crippen molar-refractivity contribution in [1.29, 1.82) is 0 Å². The van der Waals surface area contributed by atoms with Gasteiger partial charge in [0.1, 0.15) is 0 Å². The summed E-state index contributed by atoms with van der Waals surface area (Å²) in [5.74, 6) is 0. The molecule has 3 heterocycles. The van der Waals surface area contributed by atoms with Crippen molar-refractivity contribution in [2.45, 2.75) is 10.8 Å². The van der Waals surface area contributed by atoms with E-state index in [-0.39, 0.29) is 5.41 Å². The lowest BCUT2D eigenvalue weighted by molar-refractivity contribution is 0.592. The first-order valence-electron chi connectivity index (χ1n) is 30.2. The van der Waals surface area contributed by atoms with E-state index in [4.69, 9.17) is 4.98 Å². The molecule has 2 nitrogen and oxygen atoms in total. The van der Waals surface area contributed by atoms with Crippen LogP contribution in [0.5, 0.6) is 0 Å². The molecule has 13 aromatic carbocycles. The van der Waals surface area contributed by atoms with E-state index in [1.165, 1.54) is 119 Å². The van der Waals surface area contributed by atoms with E-state index < -0.39 is 12.6 Å². The van der Waals surface area contributed by atoms with Crippen molar-refractivity contribution in [2.24, 2.45) is 0 Å². The van der Waals surface area contributed by atoms with Gasteiger partial charge in [0.15, 0.2) is 7.14 Å². The number of fused-ring (bicyclic) bond motifs is 27. The molecule has 0 unspecified atom stereocenters. The molecule has 0 atom stereocenters. The highest BCUT2D eigenvalue weighted by molar-refractivity contribution is 7.85. The average molecular weight is 1170 g/mol. The van der Waals surface area contributed by atoms with Gasteiger partial charge in [-0.1, -0.05) is 261 Å². The smallest absolute Gasteiger partial charge is 0.171 e. The molecular formula is C83H50NOPS2. The van der Waals surface area contributed by atoms with E-state index in [2.05, 4.69) is 291 Å². The maximum atomic E-state index is 16.8. The largest absolute Gasteiger partial charge is 0.309 e. The zero-order valence-electron chi connectivity index (χ0n) is 47.5. The molecule has 0 saturated heterocycles. The zero-order valence-corrected chi connectivity index (χ0v) is 50.0. The van der Waals surface area contributed by atoms with Crippen molar-refractivity contribution in [2.75, 3.05) is 0 Å². The van der Waals surface area contributed by atoms with Gasteiger partial charge >= 0.3 is 0 Å².